The van der Waals surface area contributed by atoms with Gasteiger partial charge in [-0.3, -0.25) is 0 Å². The monoisotopic (exact) mass is 255 g/mol. The Morgan fingerprint density at radius 3 is 2.65 bits per heavy atom. The molecule has 1 heterocycles. The van der Waals surface area contributed by atoms with Gasteiger partial charge in [-0.2, -0.15) is 0 Å². The Balaban J connectivity index is 2.56. The summed E-state index contributed by atoms with van der Waals surface area (Å²) in [6.07, 6.45) is 1.04. The average molecular weight is 255 g/mol. The largest absolute Gasteiger partial charge is 0.371 e. The van der Waals surface area contributed by atoms with Crippen molar-refractivity contribution in [3.05, 3.63) is 21.4 Å². The number of hydrogen-bond donors (Lipinski definition) is 1. The minimum absolute atomic E-state index is 0.0177. The second-order valence-corrected chi connectivity index (χ2v) is 6.32. The van der Waals surface area contributed by atoms with Gasteiger partial charge in [0.2, 0.25) is 0 Å². The Morgan fingerprint density at radius 1 is 1.35 bits per heavy atom. The molecule has 3 heteroatoms. The van der Waals surface area contributed by atoms with Gasteiger partial charge in [-0.25, -0.2) is 0 Å². The van der Waals surface area contributed by atoms with Gasteiger partial charge in [0.1, 0.15) is 0 Å². The molecule has 0 aliphatic carbocycles. The summed E-state index contributed by atoms with van der Waals surface area (Å²) in [5.74, 6) is 0. The molecule has 0 atom stereocenters. The van der Waals surface area contributed by atoms with Gasteiger partial charge in [-0.15, -0.1) is 11.3 Å². The molecule has 1 aromatic heterocycles. The van der Waals surface area contributed by atoms with Crippen LogP contribution in [0.2, 0.25) is 0 Å². The normalized spacial score (nSPS) is 12.1. The van der Waals surface area contributed by atoms with Gasteiger partial charge in [0.15, 0.2) is 0 Å². The minimum atomic E-state index is -0.0177. The zero-order chi connectivity index (χ0) is 12.9. The van der Waals surface area contributed by atoms with Crippen LogP contribution in [0, 0.1) is 6.92 Å². The molecule has 0 saturated carbocycles. The fraction of sp³-hybridized carbons (Fsp3) is 0.714. The van der Waals surface area contributed by atoms with E-state index in [1.54, 1.807) is 0 Å². The predicted molar refractivity (Wildman–Crippen MR) is 75.6 cm³/mol. The molecular formula is C14H25NOS. The summed E-state index contributed by atoms with van der Waals surface area (Å²) in [5, 5.41) is 3.36. The molecule has 1 N–H and O–H groups in total. The molecule has 0 saturated heterocycles. The van der Waals surface area contributed by atoms with Crippen LogP contribution in [0.4, 0.5) is 0 Å². The third kappa shape index (κ3) is 4.78. The molecule has 0 fully saturated rings. The summed E-state index contributed by atoms with van der Waals surface area (Å²) in [5.41, 5.74) is 1.32. The Morgan fingerprint density at radius 2 is 2.06 bits per heavy atom. The second-order valence-electron chi connectivity index (χ2n) is 4.98. The van der Waals surface area contributed by atoms with Crippen LogP contribution in [-0.4, -0.2) is 12.1 Å². The standard InChI is InChI=1S/C14H25NOS/c1-6-14(4,5)16-10-12-8-13(9-15-7-2)17-11(12)3/h8,15H,6-7,9-10H2,1-5H3. The summed E-state index contributed by atoms with van der Waals surface area (Å²) in [4.78, 5) is 2.78. The second kappa shape index (κ2) is 6.53. The lowest BCUT2D eigenvalue weighted by Crippen LogP contribution is -2.22. The highest BCUT2D eigenvalue weighted by Gasteiger charge is 2.16. The van der Waals surface area contributed by atoms with E-state index < -0.39 is 0 Å². The molecule has 98 valence electrons. The lowest BCUT2D eigenvalue weighted by Gasteiger charge is -2.23. The molecule has 0 aliphatic rings. The summed E-state index contributed by atoms with van der Waals surface area (Å²) in [6.45, 7) is 13.5. The van der Waals surface area contributed by atoms with Crippen LogP contribution >= 0.6 is 11.3 Å². The third-order valence-corrected chi connectivity index (χ3v) is 4.18. The van der Waals surface area contributed by atoms with E-state index in [0.29, 0.717) is 0 Å². The summed E-state index contributed by atoms with van der Waals surface area (Å²) in [6, 6.07) is 2.27. The number of hydrogen-bond acceptors (Lipinski definition) is 3. The van der Waals surface area contributed by atoms with Crippen molar-refractivity contribution in [2.45, 2.75) is 59.8 Å². The van der Waals surface area contributed by atoms with Crippen molar-refractivity contribution in [3.63, 3.8) is 0 Å². The highest BCUT2D eigenvalue weighted by atomic mass is 32.1. The van der Waals surface area contributed by atoms with E-state index in [0.717, 1.165) is 26.1 Å². The van der Waals surface area contributed by atoms with Gasteiger partial charge in [0.25, 0.3) is 0 Å². The van der Waals surface area contributed by atoms with Crippen molar-refractivity contribution in [1.29, 1.82) is 0 Å². The van der Waals surface area contributed by atoms with Crippen LogP contribution in [0.1, 0.15) is 49.4 Å². The maximum Gasteiger partial charge on any atom is 0.0734 e. The first kappa shape index (κ1) is 14.7. The predicted octanol–water partition coefficient (Wildman–Crippen LogP) is 3.87. The number of aryl methyl sites for hydroxylation is 1. The topological polar surface area (TPSA) is 21.3 Å². The lowest BCUT2D eigenvalue weighted by molar-refractivity contribution is -0.0316. The third-order valence-electron chi connectivity index (χ3n) is 3.09. The molecule has 0 aromatic carbocycles. The van der Waals surface area contributed by atoms with Crippen LogP contribution in [0.25, 0.3) is 0 Å². The Kier molecular flexibility index (Phi) is 5.63. The van der Waals surface area contributed by atoms with Crippen LogP contribution in [0.3, 0.4) is 0 Å². The quantitative estimate of drug-likeness (QED) is 0.798. The molecule has 1 rings (SSSR count). The average Bonchev–Trinajstić information content (AvgIpc) is 2.65. The van der Waals surface area contributed by atoms with Gasteiger partial charge in [-0.1, -0.05) is 13.8 Å². The molecule has 2 nitrogen and oxygen atoms in total. The fourth-order valence-electron chi connectivity index (χ4n) is 1.44. The number of ether oxygens (including phenoxy) is 1. The van der Waals surface area contributed by atoms with Gasteiger partial charge < -0.3 is 10.1 Å². The van der Waals surface area contributed by atoms with E-state index in [4.69, 9.17) is 4.74 Å². The molecule has 17 heavy (non-hydrogen) atoms. The van der Waals surface area contributed by atoms with Gasteiger partial charge in [0.05, 0.1) is 12.2 Å². The maximum absolute atomic E-state index is 5.95. The molecule has 0 aliphatic heterocycles. The molecule has 1 aromatic rings. The SMILES string of the molecule is CCNCc1cc(COC(C)(C)CC)c(C)s1. The molecule has 0 unspecified atom stereocenters. The van der Waals surface area contributed by atoms with Crippen LogP contribution in [0.15, 0.2) is 6.07 Å². The van der Waals surface area contributed by atoms with Crippen molar-refractivity contribution in [3.8, 4) is 0 Å². The molecule has 0 radical (unpaired) electrons. The molecular weight excluding hydrogens is 230 g/mol. The van der Waals surface area contributed by atoms with Crippen LogP contribution in [0.5, 0.6) is 0 Å². The zero-order valence-corrected chi connectivity index (χ0v) is 12.5. The van der Waals surface area contributed by atoms with E-state index >= 15 is 0 Å². The van der Waals surface area contributed by atoms with E-state index in [2.05, 4.69) is 46.0 Å². The first-order chi connectivity index (χ1) is 7.98. The molecule has 0 spiro atoms. The van der Waals surface area contributed by atoms with Crippen molar-refractivity contribution >= 4 is 11.3 Å². The van der Waals surface area contributed by atoms with Crippen molar-refractivity contribution in [2.75, 3.05) is 6.54 Å². The van der Waals surface area contributed by atoms with E-state index in [1.807, 2.05) is 11.3 Å². The molecule has 0 amide bonds. The van der Waals surface area contributed by atoms with Crippen LogP contribution in [-0.2, 0) is 17.9 Å². The fourth-order valence-corrected chi connectivity index (χ4v) is 2.46. The Hall–Kier alpha value is -0.380. The summed E-state index contributed by atoms with van der Waals surface area (Å²) < 4.78 is 5.95. The zero-order valence-electron chi connectivity index (χ0n) is 11.7. The summed E-state index contributed by atoms with van der Waals surface area (Å²) >= 11 is 1.87. The minimum Gasteiger partial charge on any atom is -0.371 e. The van der Waals surface area contributed by atoms with Crippen molar-refractivity contribution < 1.29 is 4.74 Å². The highest BCUT2D eigenvalue weighted by Crippen LogP contribution is 2.24. The smallest absolute Gasteiger partial charge is 0.0734 e. The van der Waals surface area contributed by atoms with Crippen molar-refractivity contribution in [2.24, 2.45) is 0 Å². The Bertz CT molecular complexity index is 344. The van der Waals surface area contributed by atoms with Crippen molar-refractivity contribution in [1.82, 2.24) is 5.32 Å². The Labute approximate surface area is 109 Å². The maximum atomic E-state index is 5.95. The number of rotatable bonds is 7. The van der Waals surface area contributed by atoms with E-state index in [1.165, 1.54) is 15.3 Å². The lowest BCUT2D eigenvalue weighted by atomic mass is 10.1. The van der Waals surface area contributed by atoms with Gasteiger partial charge in [0, 0.05) is 16.3 Å². The van der Waals surface area contributed by atoms with Gasteiger partial charge >= 0.3 is 0 Å². The summed E-state index contributed by atoms with van der Waals surface area (Å²) in [7, 11) is 0. The number of thiophene rings is 1. The van der Waals surface area contributed by atoms with Gasteiger partial charge in [-0.05, 0) is 45.4 Å². The molecule has 0 bridgehead atoms. The first-order valence-electron chi connectivity index (χ1n) is 6.41. The van der Waals surface area contributed by atoms with E-state index in [9.17, 15) is 0 Å². The van der Waals surface area contributed by atoms with E-state index in [-0.39, 0.29) is 5.60 Å². The number of nitrogens with one attached hydrogen (secondary N) is 1. The highest BCUT2D eigenvalue weighted by molar-refractivity contribution is 7.12. The first-order valence-corrected chi connectivity index (χ1v) is 7.23. The van der Waals surface area contributed by atoms with Crippen LogP contribution < -0.4 is 5.32 Å².